The highest BCUT2D eigenvalue weighted by molar-refractivity contribution is 5.76. The Hall–Kier alpha value is -1.30. The van der Waals surface area contributed by atoms with Crippen molar-refractivity contribution in [3.05, 3.63) is 0 Å². The van der Waals surface area contributed by atoms with Crippen molar-refractivity contribution in [3.8, 4) is 0 Å². The summed E-state index contributed by atoms with van der Waals surface area (Å²) in [5.41, 5.74) is 10.6. The van der Waals surface area contributed by atoms with Crippen molar-refractivity contribution >= 4 is 11.9 Å². The molecule has 0 saturated heterocycles. The molecule has 0 bridgehead atoms. The van der Waals surface area contributed by atoms with Gasteiger partial charge in [-0.05, 0) is 19.8 Å². The van der Waals surface area contributed by atoms with E-state index in [1.165, 1.54) is 6.42 Å². The molecule has 1 rings (SSSR count). The van der Waals surface area contributed by atoms with Crippen LogP contribution in [0.25, 0.3) is 0 Å². The third-order valence-corrected chi connectivity index (χ3v) is 3.32. The first-order valence-electron chi connectivity index (χ1n) is 6.06. The maximum Gasteiger partial charge on any atom is 0.320 e. The highest BCUT2D eigenvalue weighted by Crippen LogP contribution is 2.24. The lowest BCUT2D eigenvalue weighted by Gasteiger charge is -2.35. The summed E-state index contributed by atoms with van der Waals surface area (Å²) in [6.45, 7) is 1.94. The molecule has 0 spiro atoms. The average molecular weight is 242 g/mol. The van der Waals surface area contributed by atoms with Crippen molar-refractivity contribution in [2.24, 2.45) is 16.5 Å². The number of nitrogens with two attached hydrogens (primary N) is 2. The number of nitrogens with zero attached hydrogens (tertiary/aromatic N) is 2. The molecule has 1 aliphatic carbocycles. The molecule has 5 N–H and O–H groups in total. The van der Waals surface area contributed by atoms with Crippen LogP contribution < -0.4 is 11.5 Å². The zero-order chi connectivity index (χ0) is 12.8. The van der Waals surface area contributed by atoms with Crippen molar-refractivity contribution in [2.75, 3.05) is 6.67 Å². The van der Waals surface area contributed by atoms with Crippen LogP contribution >= 0.6 is 0 Å². The Labute approximate surface area is 102 Å². The van der Waals surface area contributed by atoms with E-state index in [1.807, 2.05) is 4.90 Å². The molecular formula is C11H22N4O2. The molecule has 6 heteroatoms. The van der Waals surface area contributed by atoms with Gasteiger partial charge in [0.25, 0.3) is 0 Å². The molecule has 0 radical (unpaired) electrons. The highest BCUT2D eigenvalue weighted by atomic mass is 16.4. The molecule has 1 unspecified atom stereocenters. The molecule has 17 heavy (non-hydrogen) atoms. The number of hydrogen-bond donors (Lipinski definition) is 3. The summed E-state index contributed by atoms with van der Waals surface area (Å²) < 4.78 is 0. The molecule has 1 saturated carbocycles. The third-order valence-electron chi connectivity index (χ3n) is 3.32. The molecule has 0 aliphatic heterocycles. The van der Waals surface area contributed by atoms with Gasteiger partial charge in [-0.1, -0.05) is 19.3 Å². The predicted octanol–water partition coefficient (Wildman–Crippen LogP) is 0.325. The van der Waals surface area contributed by atoms with E-state index in [2.05, 4.69) is 4.99 Å². The van der Waals surface area contributed by atoms with Gasteiger partial charge in [-0.3, -0.25) is 9.69 Å². The normalized spacial score (nSPS) is 18.9. The van der Waals surface area contributed by atoms with Gasteiger partial charge in [0.2, 0.25) is 0 Å². The number of aliphatic imine (C=N–C) groups is 1. The quantitative estimate of drug-likeness (QED) is 0.476. The number of guanidine groups is 1. The second-order valence-electron chi connectivity index (χ2n) is 4.54. The fraction of sp³-hybridized carbons (Fsp3) is 0.818. The monoisotopic (exact) mass is 242 g/mol. The van der Waals surface area contributed by atoms with Gasteiger partial charge in [-0.2, -0.15) is 0 Å². The summed E-state index contributed by atoms with van der Waals surface area (Å²) in [5, 5.41) is 9.10. The lowest BCUT2D eigenvalue weighted by molar-refractivity contribution is -0.143. The van der Waals surface area contributed by atoms with Gasteiger partial charge in [0, 0.05) is 6.04 Å². The average Bonchev–Trinajstić information content (AvgIpc) is 2.30. The van der Waals surface area contributed by atoms with Crippen LogP contribution in [0.1, 0.15) is 39.0 Å². The zero-order valence-electron chi connectivity index (χ0n) is 10.3. The number of carboxylic acid groups (broad SMARTS) is 1. The van der Waals surface area contributed by atoms with Crippen LogP contribution in [-0.2, 0) is 4.79 Å². The van der Waals surface area contributed by atoms with E-state index in [0.29, 0.717) is 0 Å². The summed E-state index contributed by atoms with van der Waals surface area (Å²) in [6.07, 6.45) is 5.58. The highest BCUT2D eigenvalue weighted by Gasteiger charge is 2.28. The molecule has 6 nitrogen and oxygen atoms in total. The standard InChI is InChI=1S/C11H22N4O2/c1-8(10(16)17)15(7-14-11(12)13)9-5-3-2-4-6-9/h8-9H,2-7H2,1H3,(H,16,17)(H4,12,13,14). The predicted molar refractivity (Wildman–Crippen MR) is 66.5 cm³/mol. The van der Waals surface area contributed by atoms with E-state index >= 15 is 0 Å². The second-order valence-corrected chi connectivity index (χ2v) is 4.54. The van der Waals surface area contributed by atoms with Crippen LogP contribution in [0.5, 0.6) is 0 Å². The van der Waals surface area contributed by atoms with Crippen LogP contribution in [0.2, 0.25) is 0 Å². The van der Waals surface area contributed by atoms with Gasteiger partial charge >= 0.3 is 5.97 Å². The van der Waals surface area contributed by atoms with E-state index in [-0.39, 0.29) is 18.7 Å². The summed E-state index contributed by atoms with van der Waals surface area (Å²) in [6, 6.07) is -0.279. The third kappa shape index (κ3) is 4.22. The van der Waals surface area contributed by atoms with E-state index in [1.54, 1.807) is 6.92 Å². The van der Waals surface area contributed by atoms with Crippen molar-refractivity contribution < 1.29 is 9.90 Å². The minimum absolute atomic E-state index is 0.00315. The molecule has 0 aromatic heterocycles. The molecule has 0 amide bonds. The summed E-state index contributed by atoms with van der Waals surface area (Å²) in [4.78, 5) is 16.9. The minimum Gasteiger partial charge on any atom is -0.480 e. The second kappa shape index (κ2) is 6.44. The molecule has 1 aliphatic rings. The lowest BCUT2D eigenvalue weighted by atomic mass is 9.93. The Morgan fingerprint density at radius 1 is 1.41 bits per heavy atom. The van der Waals surface area contributed by atoms with Crippen LogP contribution in [0, 0.1) is 0 Å². The number of carboxylic acids is 1. The van der Waals surface area contributed by atoms with Crippen molar-refractivity contribution in [1.82, 2.24) is 4.90 Å². The molecule has 1 fully saturated rings. The van der Waals surface area contributed by atoms with Gasteiger partial charge in [0.05, 0.1) is 6.67 Å². The summed E-state index contributed by atoms with van der Waals surface area (Å²) in [7, 11) is 0. The first kappa shape index (κ1) is 13.8. The Balaban J connectivity index is 2.69. The lowest BCUT2D eigenvalue weighted by Crippen LogP contribution is -2.47. The van der Waals surface area contributed by atoms with Crippen LogP contribution in [0.4, 0.5) is 0 Å². The molecule has 1 atom stereocenters. The van der Waals surface area contributed by atoms with E-state index in [4.69, 9.17) is 16.6 Å². The largest absolute Gasteiger partial charge is 0.480 e. The molecule has 0 heterocycles. The van der Waals surface area contributed by atoms with Crippen molar-refractivity contribution in [3.63, 3.8) is 0 Å². The number of hydrogen-bond acceptors (Lipinski definition) is 3. The topological polar surface area (TPSA) is 105 Å². The number of carbonyl (C=O) groups is 1. The van der Waals surface area contributed by atoms with Gasteiger partial charge in [-0.25, -0.2) is 4.99 Å². The smallest absolute Gasteiger partial charge is 0.320 e. The van der Waals surface area contributed by atoms with Crippen molar-refractivity contribution in [2.45, 2.75) is 51.1 Å². The molecular weight excluding hydrogens is 220 g/mol. The van der Waals surface area contributed by atoms with Gasteiger partial charge < -0.3 is 16.6 Å². The van der Waals surface area contributed by atoms with E-state index in [0.717, 1.165) is 25.7 Å². The maximum absolute atomic E-state index is 11.1. The Bertz CT molecular complexity index is 283. The van der Waals surface area contributed by atoms with Gasteiger partial charge in [0.1, 0.15) is 6.04 Å². The van der Waals surface area contributed by atoms with Crippen molar-refractivity contribution in [1.29, 1.82) is 0 Å². The summed E-state index contributed by atoms with van der Waals surface area (Å²) >= 11 is 0. The Morgan fingerprint density at radius 2 is 2.00 bits per heavy atom. The van der Waals surface area contributed by atoms with E-state index < -0.39 is 12.0 Å². The fourth-order valence-corrected chi connectivity index (χ4v) is 2.27. The van der Waals surface area contributed by atoms with E-state index in [9.17, 15) is 4.79 Å². The maximum atomic E-state index is 11.1. The molecule has 0 aromatic rings. The fourth-order valence-electron chi connectivity index (χ4n) is 2.27. The minimum atomic E-state index is -0.832. The Morgan fingerprint density at radius 3 is 2.47 bits per heavy atom. The van der Waals surface area contributed by atoms with Crippen LogP contribution in [-0.4, -0.2) is 40.7 Å². The van der Waals surface area contributed by atoms with Crippen LogP contribution in [0.15, 0.2) is 4.99 Å². The van der Waals surface area contributed by atoms with Gasteiger partial charge in [-0.15, -0.1) is 0 Å². The number of rotatable bonds is 5. The number of aliphatic carboxylic acids is 1. The zero-order valence-corrected chi connectivity index (χ0v) is 10.3. The molecule has 0 aromatic carbocycles. The Kier molecular flexibility index (Phi) is 5.21. The summed E-state index contributed by atoms with van der Waals surface area (Å²) in [5.74, 6) is -0.829. The molecule has 98 valence electrons. The first-order chi connectivity index (χ1) is 8.02. The first-order valence-corrected chi connectivity index (χ1v) is 6.06. The SMILES string of the molecule is CC(C(=O)O)N(CN=C(N)N)C1CCCCC1. The van der Waals surface area contributed by atoms with Crippen LogP contribution in [0.3, 0.4) is 0 Å². The van der Waals surface area contributed by atoms with Gasteiger partial charge in [0.15, 0.2) is 5.96 Å².